The molecular formula is C19H20ClFN2O4S. The highest BCUT2D eigenvalue weighted by atomic mass is 35.5. The Hall–Kier alpha value is -2.32. The van der Waals surface area contributed by atoms with Gasteiger partial charge in [0, 0.05) is 18.8 Å². The van der Waals surface area contributed by atoms with Crippen LogP contribution in [-0.4, -0.2) is 32.6 Å². The number of anilines is 2. The smallest absolute Gasteiger partial charge is 0.337 e. The van der Waals surface area contributed by atoms with Crippen molar-refractivity contribution < 1.29 is 22.7 Å². The van der Waals surface area contributed by atoms with E-state index < -0.39 is 21.8 Å². The Morgan fingerprint density at radius 2 is 1.75 bits per heavy atom. The molecule has 0 unspecified atom stereocenters. The minimum atomic E-state index is -4.19. The van der Waals surface area contributed by atoms with Crippen LogP contribution in [0, 0.1) is 5.82 Å². The molecule has 0 radical (unpaired) electrons. The van der Waals surface area contributed by atoms with Crippen molar-refractivity contribution in [3.63, 3.8) is 0 Å². The monoisotopic (exact) mass is 426 g/mol. The second-order valence-electron chi connectivity index (χ2n) is 6.62. The first-order valence-corrected chi connectivity index (χ1v) is 10.7. The molecule has 0 amide bonds. The Balaban J connectivity index is 1.94. The molecule has 0 saturated carbocycles. The first kappa shape index (κ1) is 20.4. The molecule has 0 bridgehead atoms. The molecule has 9 heteroatoms. The van der Waals surface area contributed by atoms with Gasteiger partial charge in [-0.05, 0) is 49.2 Å². The van der Waals surface area contributed by atoms with Gasteiger partial charge in [-0.15, -0.1) is 0 Å². The second-order valence-corrected chi connectivity index (χ2v) is 8.67. The molecule has 150 valence electrons. The summed E-state index contributed by atoms with van der Waals surface area (Å²) in [6.45, 7) is 1.66. The molecule has 0 spiro atoms. The number of carboxylic acids is 1. The van der Waals surface area contributed by atoms with Crippen molar-refractivity contribution in [3.05, 3.63) is 52.8 Å². The summed E-state index contributed by atoms with van der Waals surface area (Å²) in [5, 5.41) is 9.29. The van der Waals surface area contributed by atoms with Gasteiger partial charge in [0.2, 0.25) is 0 Å². The van der Waals surface area contributed by atoms with Crippen LogP contribution in [0.1, 0.15) is 36.0 Å². The van der Waals surface area contributed by atoms with Crippen molar-refractivity contribution in [2.24, 2.45) is 0 Å². The fourth-order valence-electron chi connectivity index (χ4n) is 3.22. The molecule has 2 N–H and O–H groups in total. The lowest BCUT2D eigenvalue weighted by atomic mass is 10.1. The molecule has 28 heavy (non-hydrogen) atoms. The van der Waals surface area contributed by atoms with Crippen molar-refractivity contribution in [3.8, 4) is 0 Å². The van der Waals surface area contributed by atoms with Gasteiger partial charge in [0.05, 0.1) is 16.3 Å². The van der Waals surface area contributed by atoms with Crippen molar-refractivity contribution in [1.82, 2.24) is 0 Å². The standard InChI is InChI=1S/C19H20ClFN2O4S/c20-16-11-13(21)5-8-18(16)28(26,27)22-17-7-6-14(12-15(17)19(24)25)23-9-3-1-2-4-10-23/h5-8,11-12,22H,1-4,9-10H2,(H,24,25). The number of nitrogens with zero attached hydrogens (tertiary/aromatic N) is 1. The predicted molar refractivity (Wildman–Crippen MR) is 106 cm³/mol. The summed E-state index contributed by atoms with van der Waals surface area (Å²) < 4.78 is 40.7. The summed E-state index contributed by atoms with van der Waals surface area (Å²) in [6.07, 6.45) is 4.33. The number of rotatable bonds is 5. The second kappa shape index (κ2) is 8.36. The van der Waals surface area contributed by atoms with Crippen LogP contribution in [0.5, 0.6) is 0 Å². The third-order valence-electron chi connectivity index (χ3n) is 4.63. The molecule has 1 saturated heterocycles. The molecule has 1 aliphatic rings. The first-order chi connectivity index (χ1) is 13.3. The quantitative estimate of drug-likeness (QED) is 0.741. The summed E-state index contributed by atoms with van der Waals surface area (Å²) in [7, 11) is -4.19. The van der Waals surface area contributed by atoms with Gasteiger partial charge in [-0.3, -0.25) is 4.72 Å². The van der Waals surface area contributed by atoms with Gasteiger partial charge in [-0.2, -0.15) is 0 Å². The lowest BCUT2D eigenvalue weighted by Gasteiger charge is -2.23. The number of hydrogen-bond donors (Lipinski definition) is 2. The Morgan fingerprint density at radius 1 is 1.07 bits per heavy atom. The molecule has 6 nitrogen and oxygen atoms in total. The minimum Gasteiger partial charge on any atom is -0.478 e. The van der Waals surface area contributed by atoms with Crippen molar-refractivity contribution in [1.29, 1.82) is 0 Å². The molecule has 1 fully saturated rings. The largest absolute Gasteiger partial charge is 0.478 e. The lowest BCUT2D eigenvalue weighted by Crippen LogP contribution is -2.24. The summed E-state index contributed by atoms with van der Waals surface area (Å²) in [4.78, 5) is 13.5. The Kier molecular flexibility index (Phi) is 6.10. The highest BCUT2D eigenvalue weighted by Gasteiger charge is 2.22. The van der Waals surface area contributed by atoms with Crippen molar-refractivity contribution in [2.45, 2.75) is 30.6 Å². The Morgan fingerprint density at radius 3 is 2.36 bits per heavy atom. The molecule has 2 aromatic carbocycles. The fourth-order valence-corrected chi connectivity index (χ4v) is 4.83. The number of carboxylic acid groups (broad SMARTS) is 1. The van der Waals surface area contributed by atoms with E-state index in [1.165, 1.54) is 12.1 Å². The third-order valence-corrected chi connectivity index (χ3v) is 6.48. The van der Waals surface area contributed by atoms with E-state index in [2.05, 4.69) is 9.62 Å². The minimum absolute atomic E-state index is 0.0773. The Labute approximate surface area is 168 Å². The van der Waals surface area contributed by atoms with Crippen LogP contribution in [0.4, 0.5) is 15.8 Å². The van der Waals surface area contributed by atoms with E-state index in [9.17, 15) is 22.7 Å². The van der Waals surface area contributed by atoms with E-state index in [0.29, 0.717) is 0 Å². The number of aromatic carboxylic acids is 1. The molecule has 0 aliphatic carbocycles. The number of halogens is 2. The zero-order chi connectivity index (χ0) is 20.3. The van der Waals surface area contributed by atoms with Gasteiger partial charge in [0.25, 0.3) is 10.0 Å². The van der Waals surface area contributed by atoms with Crippen LogP contribution in [0.3, 0.4) is 0 Å². The fraction of sp³-hybridized carbons (Fsp3) is 0.316. The predicted octanol–water partition coefficient (Wildman–Crippen LogP) is 4.36. The number of sulfonamides is 1. The highest BCUT2D eigenvalue weighted by molar-refractivity contribution is 7.92. The van der Waals surface area contributed by atoms with Crippen LogP contribution < -0.4 is 9.62 Å². The van der Waals surface area contributed by atoms with Crippen LogP contribution in [0.25, 0.3) is 0 Å². The van der Waals surface area contributed by atoms with Gasteiger partial charge < -0.3 is 10.0 Å². The van der Waals surface area contributed by atoms with E-state index in [0.717, 1.165) is 62.7 Å². The molecule has 1 aliphatic heterocycles. The summed E-state index contributed by atoms with van der Waals surface area (Å²) in [5.74, 6) is -1.92. The molecule has 0 atom stereocenters. The highest BCUT2D eigenvalue weighted by Crippen LogP contribution is 2.29. The molecule has 1 heterocycles. The summed E-state index contributed by atoms with van der Waals surface area (Å²) in [6, 6.07) is 7.49. The summed E-state index contributed by atoms with van der Waals surface area (Å²) in [5.41, 5.74) is 0.497. The van der Waals surface area contributed by atoms with E-state index in [-0.39, 0.29) is 21.2 Å². The summed E-state index contributed by atoms with van der Waals surface area (Å²) >= 11 is 5.84. The lowest BCUT2D eigenvalue weighted by molar-refractivity contribution is 0.0698. The molecular weight excluding hydrogens is 407 g/mol. The van der Waals surface area contributed by atoms with Crippen LogP contribution in [-0.2, 0) is 10.0 Å². The average Bonchev–Trinajstić information content (AvgIpc) is 2.90. The third kappa shape index (κ3) is 4.56. The van der Waals surface area contributed by atoms with E-state index in [1.54, 1.807) is 6.07 Å². The maximum Gasteiger partial charge on any atom is 0.337 e. The van der Waals surface area contributed by atoms with Gasteiger partial charge in [-0.1, -0.05) is 24.4 Å². The maximum absolute atomic E-state index is 13.2. The Bertz CT molecular complexity index is 989. The maximum atomic E-state index is 13.2. The normalized spacial score (nSPS) is 15.1. The van der Waals surface area contributed by atoms with Gasteiger partial charge in [0.1, 0.15) is 10.7 Å². The number of nitrogens with one attached hydrogen (secondary N) is 1. The van der Waals surface area contributed by atoms with Gasteiger partial charge >= 0.3 is 5.97 Å². The zero-order valence-electron chi connectivity index (χ0n) is 15.0. The van der Waals surface area contributed by atoms with Crippen molar-refractivity contribution in [2.75, 3.05) is 22.7 Å². The van der Waals surface area contributed by atoms with Crippen LogP contribution in [0.2, 0.25) is 5.02 Å². The van der Waals surface area contributed by atoms with E-state index >= 15 is 0 Å². The SMILES string of the molecule is O=C(O)c1cc(N2CCCCCC2)ccc1NS(=O)(=O)c1ccc(F)cc1Cl. The average molecular weight is 427 g/mol. The number of carbonyl (C=O) groups is 1. The molecule has 0 aromatic heterocycles. The first-order valence-electron chi connectivity index (χ1n) is 8.88. The number of hydrogen-bond acceptors (Lipinski definition) is 4. The van der Waals surface area contributed by atoms with Crippen LogP contribution in [0.15, 0.2) is 41.3 Å². The van der Waals surface area contributed by atoms with Crippen LogP contribution >= 0.6 is 11.6 Å². The van der Waals surface area contributed by atoms with E-state index in [1.807, 2.05) is 0 Å². The molecule has 2 aromatic rings. The zero-order valence-corrected chi connectivity index (χ0v) is 16.6. The van der Waals surface area contributed by atoms with Crippen molar-refractivity contribution >= 4 is 39.0 Å². The van der Waals surface area contributed by atoms with Gasteiger partial charge in [0.15, 0.2) is 0 Å². The van der Waals surface area contributed by atoms with Gasteiger partial charge in [-0.25, -0.2) is 17.6 Å². The van der Waals surface area contributed by atoms with E-state index in [4.69, 9.17) is 11.6 Å². The number of benzene rings is 2. The molecule has 3 rings (SSSR count). The topological polar surface area (TPSA) is 86.7 Å².